The van der Waals surface area contributed by atoms with E-state index in [0.29, 0.717) is 5.75 Å². The minimum absolute atomic E-state index is 0.0632. The van der Waals surface area contributed by atoms with Gasteiger partial charge in [0.15, 0.2) is 0 Å². The number of halogens is 1. The second-order valence-electron chi connectivity index (χ2n) is 8.41. The van der Waals surface area contributed by atoms with Crippen molar-refractivity contribution in [2.75, 3.05) is 18.0 Å². The lowest BCUT2D eigenvalue weighted by atomic mass is 9.95. The molecule has 0 heterocycles. The molecule has 6 nitrogen and oxygen atoms in total. The van der Waals surface area contributed by atoms with E-state index in [-0.39, 0.29) is 15.6 Å². The Labute approximate surface area is 222 Å². The Morgan fingerprint density at radius 2 is 1.54 bits per heavy atom. The zero-order chi connectivity index (χ0) is 26.4. The summed E-state index contributed by atoms with van der Waals surface area (Å²) in [7, 11) is -2.61. The van der Waals surface area contributed by atoms with Crippen LogP contribution >= 0.6 is 11.6 Å². The Balaban J connectivity index is 1.72. The molecule has 0 unspecified atom stereocenters. The molecule has 0 aliphatic heterocycles. The van der Waals surface area contributed by atoms with Gasteiger partial charge in [0.25, 0.3) is 10.0 Å². The SMILES string of the molecule is COc1ccc(N(CC(=O)N[C@@H](c2ccccc2)c2ccccc2C)S(=O)(=O)c2ccccc2)cc1Cl. The molecule has 1 amide bonds. The normalized spacial score (nSPS) is 12.0. The number of carbonyl (C=O) groups excluding carboxylic acids is 1. The number of carbonyl (C=O) groups is 1. The molecule has 4 aromatic rings. The highest BCUT2D eigenvalue weighted by atomic mass is 35.5. The molecule has 0 radical (unpaired) electrons. The van der Waals surface area contributed by atoms with Gasteiger partial charge in [0, 0.05) is 0 Å². The number of aryl methyl sites for hydroxylation is 1. The number of ether oxygens (including phenoxy) is 1. The average molecular weight is 535 g/mol. The maximum atomic E-state index is 13.7. The first-order valence-electron chi connectivity index (χ1n) is 11.6. The van der Waals surface area contributed by atoms with Crippen LogP contribution in [0.5, 0.6) is 5.75 Å². The largest absolute Gasteiger partial charge is 0.495 e. The second-order valence-corrected chi connectivity index (χ2v) is 10.7. The van der Waals surface area contributed by atoms with Gasteiger partial charge in [-0.3, -0.25) is 9.10 Å². The van der Waals surface area contributed by atoms with Crippen LogP contribution in [0.2, 0.25) is 5.02 Å². The molecule has 0 aliphatic carbocycles. The Kier molecular flexibility index (Phi) is 8.16. The van der Waals surface area contributed by atoms with E-state index in [1.54, 1.807) is 30.3 Å². The number of nitrogens with zero attached hydrogens (tertiary/aromatic N) is 1. The molecule has 4 rings (SSSR count). The first kappa shape index (κ1) is 26.3. The summed E-state index contributed by atoms with van der Waals surface area (Å²) in [5.74, 6) is -0.0702. The number of sulfonamides is 1. The monoisotopic (exact) mass is 534 g/mol. The fraction of sp³-hybridized carbons (Fsp3) is 0.138. The molecule has 190 valence electrons. The van der Waals surface area contributed by atoms with E-state index >= 15 is 0 Å². The number of rotatable bonds is 9. The summed E-state index contributed by atoms with van der Waals surface area (Å²) in [4.78, 5) is 13.6. The van der Waals surface area contributed by atoms with Crippen molar-refractivity contribution < 1.29 is 17.9 Å². The minimum atomic E-state index is -4.09. The van der Waals surface area contributed by atoms with Gasteiger partial charge in [-0.25, -0.2) is 8.42 Å². The molecule has 0 spiro atoms. The number of nitrogens with one attached hydrogen (secondary N) is 1. The van der Waals surface area contributed by atoms with Crippen LogP contribution in [-0.2, 0) is 14.8 Å². The first-order chi connectivity index (χ1) is 17.8. The number of benzene rings is 4. The molecular formula is C29H27ClN2O4S. The molecule has 0 aliphatic rings. The maximum absolute atomic E-state index is 13.7. The molecule has 8 heteroatoms. The van der Waals surface area contributed by atoms with Crippen molar-refractivity contribution >= 4 is 33.2 Å². The molecule has 1 atom stereocenters. The van der Waals surface area contributed by atoms with Crippen LogP contribution in [0, 0.1) is 6.92 Å². The van der Waals surface area contributed by atoms with Crippen molar-refractivity contribution in [2.24, 2.45) is 0 Å². The van der Waals surface area contributed by atoms with Crippen molar-refractivity contribution in [3.8, 4) is 5.75 Å². The van der Waals surface area contributed by atoms with Crippen LogP contribution in [0.15, 0.2) is 108 Å². The van der Waals surface area contributed by atoms with Gasteiger partial charge in [0.1, 0.15) is 12.3 Å². The number of methoxy groups -OCH3 is 1. The van der Waals surface area contributed by atoms with E-state index in [4.69, 9.17) is 16.3 Å². The lowest BCUT2D eigenvalue weighted by molar-refractivity contribution is -0.120. The van der Waals surface area contributed by atoms with Gasteiger partial charge >= 0.3 is 0 Å². The summed E-state index contributed by atoms with van der Waals surface area (Å²) < 4.78 is 33.6. The van der Waals surface area contributed by atoms with Crippen LogP contribution in [0.3, 0.4) is 0 Å². The van der Waals surface area contributed by atoms with Gasteiger partial charge in [0.05, 0.1) is 28.8 Å². The van der Waals surface area contributed by atoms with Crippen LogP contribution in [0.25, 0.3) is 0 Å². The Bertz CT molecular complexity index is 1480. The average Bonchev–Trinajstić information content (AvgIpc) is 2.92. The second kappa shape index (κ2) is 11.5. The van der Waals surface area contributed by atoms with Crippen molar-refractivity contribution in [1.82, 2.24) is 5.32 Å². The van der Waals surface area contributed by atoms with Crippen molar-refractivity contribution in [1.29, 1.82) is 0 Å². The molecule has 0 fully saturated rings. The number of hydrogen-bond donors (Lipinski definition) is 1. The third-order valence-corrected chi connectivity index (χ3v) is 8.06. The number of amides is 1. The smallest absolute Gasteiger partial charge is 0.264 e. The Morgan fingerprint density at radius 3 is 2.16 bits per heavy atom. The number of anilines is 1. The predicted molar refractivity (Wildman–Crippen MR) is 147 cm³/mol. The van der Waals surface area contributed by atoms with Crippen LogP contribution < -0.4 is 14.4 Å². The van der Waals surface area contributed by atoms with E-state index in [1.165, 1.54) is 25.3 Å². The molecule has 37 heavy (non-hydrogen) atoms. The van der Waals surface area contributed by atoms with Crippen LogP contribution in [0.4, 0.5) is 5.69 Å². The lowest BCUT2D eigenvalue weighted by Gasteiger charge is -2.27. The highest BCUT2D eigenvalue weighted by molar-refractivity contribution is 7.92. The summed E-state index contributed by atoms with van der Waals surface area (Å²) >= 11 is 6.32. The highest BCUT2D eigenvalue weighted by Gasteiger charge is 2.29. The van der Waals surface area contributed by atoms with Crippen molar-refractivity contribution in [3.05, 3.63) is 125 Å². The summed E-state index contributed by atoms with van der Waals surface area (Å²) in [5, 5.41) is 3.28. The van der Waals surface area contributed by atoms with E-state index in [1.807, 2.05) is 61.5 Å². The zero-order valence-corrected chi connectivity index (χ0v) is 22.0. The van der Waals surface area contributed by atoms with Crippen molar-refractivity contribution in [2.45, 2.75) is 17.9 Å². The predicted octanol–water partition coefficient (Wildman–Crippen LogP) is 5.76. The van der Waals surface area contributed by atoms with Crippen LogP contribution in [0.1, 0.15) is 22.7 Å². The fourth-order valence-corrected chi connectivity index (χ4v) is 5.76. The summed E-state index contributed by atoms with van der Waals surface area (Å²) in [6, 6.07) is 29.5. The third-order valence-electron chi connectivity index (χ3n) is 5.98. The number of hydrogen-bond acceptors (Lipinski definition) is 4. The molecule has 0 saturated carbocycles. The first-order valence-corrected chi connectivity index (χ1v) is 13.4. The van der Waals surface area contributed by atoms with E-state index in [2.05, 4.69) is 5.32 Å². The van der Waals surface area contributed by atoms with Gasteiger partial charge in [-0.15, -0.1) is 0 Å². The Hall–Kier alpha value is -3.81. The molecular weight excluding hydrogens is 508 g/mol. The lowest BCUT2D eigenvalue weighted by Crippen LogP contribution is -2.42. The maximum Gasteiger partial charge on any atom is 0.264 e. The van der Waals surface area contributed by atoms with Gasteiger partial charge < -0.3 is 10.1 Å². The van der Waals surface area contributed by atoms with Gasteiger partial charge in [-0.1, -0.05) is 84.4 Å². The van der Waals surface area contributed by atoms with E-state index < -0.39 is 28.5 Å². The fourth-order valence-electron chi connectivity index (χ4n) is 4.08. The highest BCUT2D eigenvalue weighted by Crippen LogP contribution is 2.32. The summed E-state index contributed by atoms with van der Waals surface area (Å²) in [6.07, 6.45) is 0. The quantitative estimate of drug-likeness (QED) is 0.296. The zero-order valence-electron chi connectivity index (χ0n) is 20.5. The van der Waals surface area contributed by atoms with Crippen LogP contribution in [-0.4, -0.2) is 28.0 Å². The third kappa shape index (κ3) is 5.96. The van der Waals surface area contributed by atoms with E-state index in [9.17, 15) is 13.2 Å². The van der Waals surface area contributed by atoms with Gasteiger partial charge in [-0.05, 0) is 53.9 Å². The summed E-state index contributed by atoms with van der Waals surface area (Å²) in [6.45, 7) is 1.53. The standard InChI is InChI=1S/C29H27ClN2O4S/c1-21-11-9-10-16-25(21)29(22-12-5-3-6-13-22)31-28(33)20-32(23-17-18-27(36-2)26(30)19-23)37(34,35)24-14-7-4-8-15-24/h3-19,29H,20H2,1-2H3,(H,31,33)/t29-/m0/s1. The molecule has 4 aromatic carbocycles. The molecule has 0 aromatic heterocycles. The van der Waals surface area contributed by atoms with Gasteiger partial charge in [0.2, 0.25) is 5.91 Å². The summed E-state index contributed by atoms with van der Waals surface area (Å²) in [5.41, 5.74) is 3.06. The van der Waals surface area contributed by atoms with E-state index in [0.717, 1.165) is 21.0 Å². The Morgan fingerprint density at radius 1 is 0.919 bits per heavy atom. The molecule has 1 N–H and O–H groups in total. The molecule has 0 saturated heterocycles. The minimum Gasteiger partial charge on any atom is -0.495 e. The van der Waals surface area contributed by atoms with Gasteiger partial charge in [-0.2, -0.15) is 0 Å². The van der Waals surface area contributed by atoms with Crippen molar-refractivity contribution in [3.63, 3.8) is 0 Å². The topological polar surface area (TPSA) is 75.7 Å². The molecule has 0 bridgehead atoms.